The van der Waals surface area contributed by atoms with E-state index in [0.29, 0.717) is 6.92 Å². The number of aromatic nitrogens is 2. The smallest absolute Gasteiger partial charge is 0.294 e. The average molecular weight is 604 g/mol. The first-order chi connectivity index (χ1) is 17.9. The molecule has 2 aromatic carbocycles. The number of aromatic amines is 1. The van der Waals surface area contributed by atoms with Crippen LogP contribution in [-0.4, -0.2) is 15.6 Å². The van der Waals surface area contributed by atoms with E-state index in [2.05, 4.69) is 0 Å². The Bertz CT molecular complexity index is 1490. The molecule has 0 aliphatic rings. The van der Waals surface area contributed by atoms with Gasteiger partial charge in [-0.1, -0.05) is 0 Å². The van der Waals surface area contributed by atoms with Gasteiger partial charge >= 0.3 is 24.7 Å². The molecule has 0 unspecified atom stereocenters. The Morgan fingerprint density at radius 1 is 0.675 bits per heavy atom. The van der Waals surface area contributed by atoms with Crippen molar-refractivity contribution in [2.24, 2.45) is 0 Å². The highest BCUT2D eigenvalue weighted by atomic mass is 19.4. The normalized spacial score (nSPS) is 13.2. The van der Waals surface area contributed by atoms with Crippen LogP contribution in [0.1, 0.15) is 43.9 Å². The first-order valence-electron chi connectivity index (χ1n) is 9.90. The lowest BCUT2D eigenvalue weighted by Crippen LogP contribution is -2.27. The van der Waals surface area contributed by atoms with E-state index in [0.717, 1.165) is 0 Å². The van der Waals surface area contributed by atoms with Gasteiger partial charge in [0.15, 0.2) is 17.5 Å². The summed E-state index contributed by atoms with van der Waals surface area (Å²) in [6.07, 6.45) is -23.4. The molecule has 0 spiro atoms. The van der Waals surface area contributed by atoms with Crippen molar-refractivity contribution in [3.63, 3.8) is 0 Å². The fraction of sp³-hybridized carbons (Fsp3) is 0.238. The maximum Gasteiger partial charge on any atom is 0.422 e. The molecule has 0 atom stereocenters. The van der Waals surface area contributed by atoms with Crippen LogP contribution in [0.25, 0.3) is 5.69 Å². The number of nitrogens with one attached hydrogen (secondary N) is 1. The number of carbonyl (C=O) groups excluding carboxylic acids is 1. The van der Waals surface area contributed by atoms with Crippen LogP contribution < -0.4 is 5.56 Å². The van der Waals surface area contributed by atoms with Crippen molar-refractivity contribution >= 4 is 5.78 Å². The monoisotopic (exact) mass is 604 g/mol. The number of benzene rings is 2. The van der Waals surface area contributed by atoms with Crippen molar-refractivity contribution in [2.45, 2.75) is 31.6 Å². The van der Waals surface area contributed by atoms with Crippen LogP contribution in [0.15, 0.2) is 23.0 Å². The van der Waals surface area contributed by atoms with Crippen molar-refractivity contribution in [2.75, 3.05) is 0 Å². The van der Waals surface area contributed by atoms with Gasteiger partial charge in [-0.15, -0.1) is 0 Å². The van der Waals surface area contributed by atoms with Gasteiger partial charge < -0.3 is 0 Å². The van der Waals surface area contributed by atoms with Crippen molar-refractivity contribution in [1.82, 2.24) is 9.78 Å². The van der Waals surface area contributed by atoms with Crippen LogP contribution in [0.5, 0.6) is 0 Å². The Balaban J connectivity index is 2.38. The molecule has 218 valence electrons. The number of aryl methyl sites for hydroxylation is 1. The van der Waals surface area contributed by atoms with E-state index in [4.69, 9.17) is 0 Å². The van der Waals surface area contributed by atoms with Crippen LogP contribution in [-0.2, 0) is 24.7 Å². The molecule has 4 nitrogen and oxygen atoms in total. The SMILES string of the molecule is Cc1[nH]n(-c2c(F)c(C(F)(F)F)c(F)c(C(F)(F)F)c2F)c(=O)c1C(=O)c1cc(C(F)(F)F)cc(C(F)(F)F)c1. The Morgan fingerprint density at radius 2 is 1.07 bits per heavy atom. The molecule has 0 saturated carbocycles. The third-order valence-corrected chi connectivity index (χ3v) is 5.23. The van der Waals surface area contributed by atoms with Gasteiger partial charge in [0.05, 0.1) is 11.1 Å². The Hall–Kier alpha value is -3.93. The Kier molecular flexibility index (Phi) is 7.14. The van der Waals surface area contributed by atoms with Gasteiger partial charge in [-0.25, -0.2) is 17.9 Å². The molecular formula is C21H7F15N2O2. The van der Waals surface area contributed by atoms with E-state index in [1.165, 1.54) is 5.10 Å². The minimum atomic E-state index is -6.24. The molecule has 1 N–H and O–H groups in total. The molecule has 0 amide bonds. The highest BCUT2D eigenvalue weighted by Gasteiger charge is 2.49. The largest absolute Gasteiger partial charge is 0.422 e. The van der Waals surface area contributed by atoms with E-state index in [1.54, 1.807) is 0 Å². The second kappa shape index (κ2) is 9.33. The summed E-state index contributed by atoms with van der Waals surface area (Å²) in [5, 5.41) is 1.53. The van der Waals surface area contributed by atoms with E-state index in [-0.39, 0.29) is 12.1 Å². The van der Waals surface area contributed by atoms with Crippen molar-refractivity contribution in [3.05, 3.63) is 85.1 Å². The quantitative estimate of drug-likeness (QED) is 0.254. The fourth-order valence-electron chi connectivity index (χ4n) is 3.55. The average Bonchev–Trinajstić information content (AvgIpc) is 3.03. The highest BCUT2D eigenvalue weighted by molar-refractivity contribution is 6.09. The lowest BCUT2D eigenvalue weighted by molar-refractivity contribution is -0.151. The molecule has 0 aliphatic carbocycles. The Morgan fingerprint density at radius 3 is 1.43 bits per heavy atom. The number of H-pyrrole nitrogens is 1. The third kappa shape index (κ3) is 5.27. The van der Waals surface area contributed by atoms with Crippen molar-refractivity contribution in [1.29, 1.82) is 0 Å². The maximum atomic E-state index is 14.7. The lowest BCUT2D eigenvalue weighted by atomic mass is 9.98. The number of rotatable bonds is 3. The minimum absolute atomic E-state index is 0.156. The summed E-state index contributed by atoms with van der Waals surface area (Å²) < 4.78 is 201. The molecule has 0 bridgehead atoms. The molecule has 40 heavy (non-hydrogen) atoms. The molecule has 0 fully saturated rings. The highest BCUT2D eigenvalue weighted by Crippen LogP contribution is 2.44. The number of nitrogens with zero attached hydrogens (tertiary/aromatic N) is 1. The van der Waals surface area contributed by atoms with E-state index in [9.17, 15) is 75.4 Å². The van der Waals surface area contributed by atoms with Crippen LogP contribution in [0.3, 0.4) is 0 Å². The van der Waals surface area contributed by atoms with E-state index >= 15 is 0 Å². The number of halogens is 15. The van der Waals surface area contributed by atoms with Gasteiger partial charge in [0.1, 0.15) is 22.4 Å². The third-order valence-electron chi connectivity index (χ3n) is 5.23. The van der Waals surface area contributed by atoms with Gasteiger partial charge in [-0.05, 0) is 25.1 Å². The zero-order valence-corrected chi connectivity index (χ0v) is 18.7. The number of ketones is 1. The molecule has 0 aliphatic heterocycles. The van der Waals surface area contributed by atoms with Gasteiger partial charge in [0, 0.05) is 11.3 Å². The number of hydrogen-bond acceptors (Lipinski definition) is 2. The zero-order valence-electron chi connectivity index (χ0n) is 18.7. The molecule has 3 rings (SSSR count). The van der Waals surface area contributed by atoms with Gasteiger partial charge in [-0.2, -0.15) is 52.7 Å². The van der Waals surface area contributed by atoms with E-state index < -0.39 is 109 Å². The molecule has 3 aromatic rings. The summed E-state index contributed by atoms with van der Waals surface area (Å²) in [7, 11) is 0. The minimum Gasteiger partial charge on any atom is -0.294 e. The van der Waals surface area contributed by atoms with Crippen LogP contribution in [0.4, 0.5) is 65.9 Å². The molecule has 0 radical (unpaired) electrons. The topological polar surface area (TPSA) is 54.9 Å². The van der Waals surface area contributed by atoms with Gasteiger partial charge in [0.25, 0.3) is 5.56 Å². The molecule has 1 aromatic heterocycles. The van der Waals surface area contributed by atoms with Gasteiger partial charge in [0.2, 0.25) is 5.78 Å². The summed E-state index contributed by atoms with van der Waals surface area (Å²) in [5.74, 6) is -11.6. The summed E-state index contributed by atoms with van der Waals surface area (Å²) in [6.45, 7) is 0.623. The summed E-state index contributed by atoms with van der Waals surface area (Å²) >= 11 is 0. The number of alkyl halides is 12. The van der Waals surface area contributed by atoms with Crippen LogP contribution in [0.2, 0.25) is 0 Å². The first kappa shape index (κ1) is 30.6. The maximum absolute atomic E-state index is 14.7. The number of hydrogen-bond donors (Lipinski definition) is 1. The van der Waals surface area contributed by atoms with Crippen molar-refractivity contribution in [3.8, 4) is 5.69 Å². The fourth-order valence-corrected chi connectivity index (χ4v) is 3.55. The summed E-state index contributed by atoms with van der Waals surface area (Å²) in [5.41, 5.74) is -19.4. The summed E-state index contributed by atoms with van der Waals surface area (Å²) in [4.78, 5) is 25.5. The Labute approximate surface area is 209 Å². The first-order valence-corrected chi connectivity index (χ1v) is 9.90. The zero-order chi connectivity index (χ0) is 30.9. The molecule has 19 heteroatoms. The van der Waals surface area contributed by atoms with Crippen molar-refractivity contribution < 1.29 is 70.7 Å². The van der Waals surface area contributed by atoms with Gasteiger partial charge in [-0.3, -0.25) is 14.7 Å². The lowest BCUT2D eigenvalue weighted by Gasteiger charge is -2.18. The molecule has 0 saturated heterocycles. The van der Waals surface area contributed by atoms with Crippen LogP contribution in [0, 0.1) is 24.4 Å². The van der Waals surface area contributed by atoms with Crippen LogP contribution >= 0.6 is 0 Å². The molecular weight excluding hydrogens is 597 g/mol. The second-order valence-electron chi connectivity index (χ2n) is 7.91. The summed E-state index contributed by atoms with van der Waals surface area (Å²) in [6, 6.07) is -0.716. The standard InChI is InChI=1S/C21H7F15N2O2/c1-5-9(16(39)6-2-7(18(25,26)27)4-8(3-6)19(28,29)30)17(40)38(37-5)15-13(23)10(20(31,32)33)12(22)11(14(15)24)21(34,35)36/h2-4,37H,1H3. The van der Waals surface area contributed by atoms with E-state index in [1.807, 2.05) is 0 Å². The number of carbonyl (C=O) groups is 1. The predicted molar refractivity (Wildman–Crippen MR) is 101 cm³/mol. The predicted octanol–water partition coefficient (Wildman–Crippen LogP) is 7.20. The molecule has 1 heterocycles. The second-order valence-corrected chi connectivity index (χ2v) is 7.91.